The molecule has 1 saturated carbocycles. The average molecular weight is 416 g/mol. The highest BCUT2D eigenvalue weighted by Gasteiger charge is 2.48. The first-order valence-corrected chi connectivity index (χ1v) is 10.6. The maximum Gasteiger partial charge on any atom is 0.416 e. The maximum atomic E-state index is 13.8. The van der Waals surface area contributed by atoms with Crippen LogP contribution in [0.2, 0.25) is 0 Å². The van der Waals surface area contributed by atoms with Crippen molar-refractivity contribution in [2.45, 2.75) is 49.9 Å². The lowest BCUT2D eigenvalue weighted by Gasteiger charge is -2.54. The molecule has 30 heavy (non-hydrogen) atoms. The fraction of sp³-hybridized carbons (Fsp3) is 0.458. The SMILES string of the molecule is CN1CCCC(c2ccccc2)(N(C(=O)c2ccc(C(F)(F)F)cc2)C2CCC2)C1. The van der Waals surface area contributed by atoms with E-state index in [0.717, 1.165) is 62.9 Å². The van der Waals surface area contributed by atoms with Crippen molar-refractivity contribution >= 4 is 5.91 Å². The van der Waals surface area contributed by atoms with Crippen molar-refractivity contribution in [1.82, 2.24) is 9.80 Å². The second kappa shape index (κ2) is 8.06. The summed E-state index contributed by atoms with van der Waals surface area (Å²) in [7, 11) is 2.07. The molecule has 2 aromatic rings. The second-order valence-corrected chi connectivity index (χ2v) is 8.57. The Kier molecular flexibility index (Phi) is 5.62. The Morgan fingerprint density at radius 2 is 1.70 bits per heavy atom. The summed E-state index contributed by atoms with van der Waals surface area (Å²) in [6.45, 7) is 1.70. The van der Waals surface area contributed by atoms with Gasteiger partial charge in [-0.25, -0.2) is 0 Å². The number of alkyl halides is 3. The van der Waals surface area contributed by atoms with Gasteiger partial charge in [0.05, 0.1) is 11.1 Å². The van der Waals surface area contributed by atoms with E-state index in [1.165, 1.54) is 12.1 Å². The van der Waals surface area contributed by atoms with E-state index in [1.54, 1.807) is 0 Å². The molecule has 0 radical (unpaired) electrons. The van der Waals surface area contributed by atoms with Crippen LogP contribution in [0.4, 0.5) is 13.2 Å². The summed E-state index contributed by atoms with van der Waals surface area (Å²) < 4.78 is 39.0. The Morgan fingerprint density at radius 3 is 2.23 bits per heavy atom. The molecule has 1 amide bonds. The minimum Gasteiger partial charge on any atom is -0.325 e. The van der Waals surface area contributed by atoms with Crippen molar-refractivity contribution in [3.05, 3.63) is 71.3 Å². The van der Waals surface area contributed by atoms with E-state index in [9.17, 15) is 18.0 Å². The second-order valence-electron chi connectivity index (χ2n) is 8.57. The standard InChI is InChI=1S/C24H27F3N2O/c1-28-16-6-15-23(17-28,19-7-3-2-4-8-19)29(21-9-5-10-21)22(30)18-11-13-20(14-12-18)24(25,26)27/h2-4,7-8,11-14,21H,5-6,9-10,15-17H2,1H3. The molecule has 6 heteroatoms. The van der Waals surface area contributed by atoms with Gasteiger partial charge in [-0.3, -0.25) is 4.79 Å². The largest absolute Gasteiger partial charge is 0.416 e. The number of benzene rings is 2. The molecule has 1 heterocycles. The van der Waals surface area contributed by atoms with Gasteiger partial charge in [-0.05, 0) is 75.5 Å². The van der Waals surface area contributed by atoms with Crippen LogP contribution < -0.4 is 0 Å². The van der Waals surface area contributed by atoms with Gasteiger partial charge in [-0.2, -0.15) is 13.2 Å². The first-order chi connectivity index (χ1) is 14.3. The molecule has 2 aromatic carbocycles. The lowest BCUT2D eigenvalue weighted by molar-refractivity contribution is -0.137. The van der Waals surface area contributed by atoms with Gasteiger partial charge in [0.15, 0.2) is 0 Å². The minimum atomic E-state index is -4.41. The number of hydrogen-bond acceptors (Lipinski definition) is 2. The molecule has 0 bridgehead atoms. The van der Waals surface area contributed by atoms with Crippen LogP contribution in [0, 0.1) is 0 Å². The zero-order valence-corrected chi connectivity index (χ0v) is 17.2. The zero-order valence-electron chi connectivity index (χ0n) is 17.2. The van der Waals surface area contributed by atoms with E-state index in [0.29, 0.717) is 5.56 Å². The van der Waals surface area contributed by atoms with Crippen LogP contribution in [-0.4, -0.2) is 41.9 Å². The number of amides is 1. The summed E-state index contributed by atoms with van der Waals surface area (Å²) in [6, 6.07) is 14.9. The summed E-state index contributed by atoms with van der Waals surface area (Å²) in [5, 5.41) is 0. The van der Waals surface area contributed by atoms with Gasteiger partial charge in [0, 0.05) is 18.2 Å². The Hall–Kier alpha value is -2.34. The molecule has 3 nitrogen and oxygen atoms in total. The highest BCUT2D eigenvalue weighted by atomic mass is 19.4. The molecule has 1 aliphatic heterocycles. The summed E-state index contributed by atoms with van der Waals surface area (Å²) >= 11 is 0. The summed E-state index contributed by atoms with van der Waals surface area (Å²) in [5.74, 6) is -0.174. The quantitative estimate of drug-likeness (QED) is 0.673. The number of piperidine rings is 1. The number of likely N-dealkylation sites (N-methyl/N-ethyl adjacent to an activating group) is 1. The van der Waals surface area contributed by atoms with Crippen molar-refractivity contribution < 1.29 is 18.0 Å². The number of halogens is 3. The van der Waals surface area contributed by atoms with Crippen LogP contribution in [0.5, 0.6) is 0 Å². The normalized spacial score (nSPS) is 23.1. The molecule has 160 valence electrons. The molecule has 1 saturated heterocycles. The van der Waals surface area contributed by atoms with Crippen LogP contribution in [0.3, 0.4) is 0 Å². The van der Waals surface area contributed by atoms with E-state index in [-0.39, 0.29) is 11.9 Å². The monoisotopic (exact) mass is 416 g/mol. The predicted octanol–water partition coefficient (Wildman–Crippen LogP) is 5.32. The zero-order chi connectivity index (χ0) is 21.4. The molecule has 0 spiro atoms. The van der Waals surface area contributed by atoms with Gasteiger partial charge < -0.3 is 9.80 Å². The predicted molar refractivity (Wildman–Crippen MR) is 110 cm³/mol. The van der Waals surface area contributed by atoms with Gasteiger partial charge in [-0.15, -0.1) is 0 Å². The van der Waals surface area contributed by atoms with Crippen LogP contribution >= 0.6 is 0 Å². The van der Waals surface area contributed by atoms with Crippen molar-refractivity contribution in [3.63, 3.8) is 0 Å². The number of rotatable bonds is 4. The molecule has 0 N–H and O–H groups in total. The van der Waals surface area contributed by atoms with Crippen molar-refractivity contribution in [1.29, 1.82) is 0 Å². The molecule has 2 aliphatic rings. The Bertz CT molecular complexity index is 878. The number of nitrogens with zero attached hydrogens (tertiary/aromatic N) is 2. The van der Waals surface area contributed by atoms with Crippen molar-refractivity contribution in [2.24, 2.45) is 0 Å². The molecule has 4 rings (SSSR count). The van der Waals surface area contributed by atoms with Crippen molar-refractivity contribution in [3.8, 4) is 0 Å². The number of carbonyl (C=O) groups excluding carboxylic acids is 1. The third kappa shape index (κ3) is 3.85. The topological polar surface area (TPSA) is 23.6 Å². The average Bonchev–Trinajstić information content (AvgIpc) is 2.70. The fourth-order valence-corrected chi connectivity index (χ4v) is 4.86. The van der Waals surface area contributed by atoms with Crippen LogP contribution in [0.1, 0.15) is 53.6 Å². The molecular formula is C24H27F3N2O. The van der Waals surface area contributed by atoms with Gasteiger partial charge in [-0.1, -0.05) is 30.3 Å². The van der Waals surface area contributed by atoms with Gasteiger partial charge in [0.1, 0.15) is 0 Å². The molecule has 2 fully saturated rings. The molecule has 0 aromatic heterocycles. The van der Waals surface area contributed by atoms with Gasteiger partial charge in [0.25, 0.3) is 5.91 Å². The van der Waals surface area contributed by atoms with Crippen LogP contribution in [-0.2, 0) is 11.7 Å². The Balaban J connectivity index is 1.76. The number of hydrogen-bond donors (Lipinski definition) is 0. The Morgan fingerprint density at radius 1 is 1.03 bits per heavy atom. The molecule has 1 aliphatic carbocycles. The molecular weight excluding hydrogens is 389 g/mol. The van der Waals surface area contributed by atoms with E-state index in [4.69, 9.17) is 0 Å². The third-order valence-electron chi connectivity index (χ3n) is 6.55. The summed E-state index contributed by atoms with van der Waals surface area (Å²) in [4.78, 5) is 18.0. The Labute approximate surface area is 175 Å². The number of carbonyl (C=O) groups is 1. The van der Waals surface area contributed by atoms with Crippen molar-refractivity contribution in [2.75, 3.05) is 20.1 Å². The summed E-state index contributed by atoms with van der Waals surface area (Å²) in [6.07, 6.45) is 0.350. The first-order valence-electron chi connectivity index (χ1n) is 10.6. The molecule has 1 unspecified atom stereocenters. The lowest BCUT2D eigenvalue weighted by Crippen LogP contribution is -2.62. The van der Waals surface area contributed by atoms with E-state index in [1.807, 2.05) is 23.1 Å². The van der Waals surface area contributed by atoms with Crippen LogP contribution in [0.15, 0.2) is 54.6 Å². The summed E-state index contributed by atoms with van der Waals surface area (Å²) in [5.41, 5.74) is 0.214. The third-order valence-corrected chi connectivity index (χ3v) is 6.55. The van der Waals surface area contributed by atoms with E-state index < -0.39 is 17.3 Å². The van der Waals surface area contributed by atoms with E-state index in [2.05, 4.69) is 24.1 Å². The number of likely N-dealkylation sites (tertiary alicyclic amines) is 1. The lowest BCUT2D eigenvalue weighted by atomic mass is 9.76. The van der Waals surface area contributed by atoms with Gasteiger partial charge in [0.2, 0.25) is 0 Å². The van der Waals surface area contributed by atoms with Gasteiger partial charge >= 0.3 is 6.18 Å². The fourth-order valence-electron chi connectivity index (χ4n) is 4.86. The molecule has 1 atom stereocenters. The van der Waals surface area contributed by atoms with E-state index >= 15 is 0 Å². The smallest absolute Gasteiger partial charge is 0.325 e. The maximum absolute atomic E-state index is 13.8. The highest BCUT2D eigenvalue weighted by Crippen LogP contribution is 2.43. The van der Waals surface area contributed by atoms with Crippen LogP contribution in [0.25, 0.3) is 0 Å². The highest BCUT2D eigenvalue weighted by molar-refractivity contribution is 5.95. The minimum absolute atomic E-state index is 0.117. The first kappa shape index (κ1) is 20.9.